The Morgan fingerprint density at radius 2 is 1.79 bits per heavy atom. The van der Waals surface area contributed by atoms with Gasteiger partial charge in [0.15, 0.2) is 0 Å². The Hall–Kier alpha value is -3.07. The van der Waals surface area contributed by atoms with Gasteiger partial charge in [-0.1, -0.05) is 36.8 Å². The fourth-order valence-corrected chi connectivity index (χ4v) is 4.12. The van der Waals surface area contributed by atoms with E-state index in [4.69, 9.17) is 4.74 Å². The van der Waals surface area contributed by atoms with Crippen LogP contribution in [0.5, 0.6) is 5.75 Å². The van der Waals surface area contributed by atoms with E-state index in [-0.39, 0.29) is 12.5 Å². The fraction of sp³-hybridized carbons (Fsp3) is 0.417. The van der Waals surface area contributed by atoms with Gasteiger partial charge in [-0.15, -0.1) is 0 Å². The minimum Gasteiger partial charge on any atom is -0.497 e. The van der Waals surface area contributed by atoms with Crippen LogP contribution >= 0.6 is 0 Å². The highest BCUT2D eigenvalue weighted by atomic mass is 32.2. The van der Waals surface area contributed by atoms with Gasteiger partial charge in [0.2, 0.25) is 21.8 Å². The molecule has 180 valence electrons. The Balaban J connectivity index is 2.37. The standard InChI is InChI=1S/C24H33N3O5S/c1-6-14-25-24(29)19(3)26(16-20-8-7-9-22(15-20)32-4)23(28)17-27(33(5,30)31)21-12-10-18(2)11-13-21/h7-13,15,19H,6,14,16-17H2,1-5H3,(H,25,29)/t19-/m1/s1. The van der Waals surface area contributed by atoms with E-state index in [1.54, 1.807) is 56.5 Å². The summed E-state index contributed by atoms with van der Waals surface area (Å²) in [5, 5.41) is 2.81. The Kier molecular flexibility index (Phi) is 9.28. The molecular weight excluding hydrogens is 442 g/mol. The van der Waals surface area contributed by atoms with Crippen LogP contribution in [-0.2, 0) is 26.2 Å². The maximum Gasteiger partial charge on any atom is 0.244 e. The Labute approximate surface area is 196 Å². The SMILES string of the molecule is CCCNC(=O)[C@@H](C)N(Cc1cccc(OC)c1)C(=O)CN(c1ccc(C)cc1)S(C)(=O)=O. The summed E-state index contributed by atoms with van der Waals surface area (Å²) in [6, 6.07) is 13.3. The van der Waals surface area contributed by atoms with Crippen LogP contribution in [0.1, 0.15) is 31.4 Å². The average Bonchev–Trinajstić information content (AvgIpc) is 2.79. The molecule has 0 aliphatic carbocycles. The summed E-state index contributed by atoms with van der Waals surface area (Å²) in [5.74, 6) is -0.155. The molecule has 2 rings (SSSR count). The van der Waals surface area contributed by atoms with E-state index in [0.717, 1.165) is 28.1 Å². The lowest BCUT2D eigenvalue weighted by molar-refractivity contribution is -0.139. The number of sulfonamides is 1. The third kappa shape index (κ3) is 7.49. The van der Waals surface area contributed by atoms with E-state index in [2.05, 4.69) is 5.32 Å². The molecule has 1 N–H and O–H groups in total. The van der Waals surface area contributed by atoms with Gasteiger partial charge in [0.1, 0.15) is 18.3 Å². The number of carbonyl (C=O) groups is 2. The van der Waals surface area contributed by atoms with Gasteiger partial charge < -0.3 is 15.0 Å². The van der Waals surface area contributed by atoms with Crippen LogP contribution in [0.15, 0.2) is 48.5 Å². The molecule has 0 aliphatic heterocycles. The first-order valence-corrected chi connectivity index (χ1v) is 12.7. The van der Waals surface area contributed by atoms with Gasteiger partial charge in [-0.05, 0) is 50.1 Å². The summed E-state index contributed by atoms with van der Waals surface area (Å²) < 4.78 is 31.4. The molecule has 0 unspecified atom stereocenters. The molecule has 0 aromatic heterocycles. The van der Waals surface area contributed by atoms with Crippen molar-refractivity contribution in [2.24, 2.45) is 0 Å². The lowest BCUT2D eigenvalue weighted by atomic mass is 10.1. The first kappa shape index (κ1) is 26.2. The van der Waals surface area contributed by atoms with Crippen LogP contribution in [0.25, 0.3) is 0 Å². The number of methoxy groups -OCH3 is 1. The molecule has 0 saturated heterocycles. The number of nitrogens with one attached hydrogen (secondary N) is 1. The summed E-state index contributed by atoms with van der Waals surface area (Å²) in [6.07, 6.45) is 1.82. The Morgan fingerprint density at radius 1 is 1.12 bits per heavy atom. The molecular formula is C24H33N3O5S. The third-order valence-corrected chi connectivity index (χ3v) is 6.35. The molecule has 1 atom stereocenters. The van der Waals surface area contributed by atoms with Crippen molar-refractivity contribution >= 4 is 27.5 Å². The monoisotopic (exact) mass is 475 g/mol. The van der Waals surface area contributed by atoms with Crippen molar-refractivity contribution in [3.8, 4) is 5.75 Å². The minimum absolute atomic E-state index is 0.127. The lowest BCUT2D eigenvalue weighted by Crippen LogP contribution is -2.51. The normalized spacial score (nSPS) is 12.0. The van der Waals surface area contributed by atoms with Crippen molar-refractivity contribution in [3.63, 3.8) is 0 Å². The summed E-state index contributed by atoms with van der Waals surface area (Å²) in [4.78, 5) is 27.5. The zero-order valence-electron chi connectivity index (χ0n) is 19.9. The number of ether oxygens (including phenoxy) is 1. The zero-order chi connectivity index (χ0) is 24.6. The van der Waals surface area contributed by atoms with Crippen LogP contribution in [0, 0.1) is 6.92 Å². The molecule has 0 bridgehead atoms. The highest BCUT2D eigenvalue weighted by Crippen LogP contribution is 2.20. The van der Waals surface area contributed by atoms with Crippen LogP contribution in [0.2, 0.25) is 0 Å². The predicted molar refractivity (Wildman–Crippen MR) is 130 cm³/mol. The first-order chi connectivity index (χ1) is 15.6. The molecule has 0 radical (unpaired) electrons. The second-order valence-corrected chi connectivity index (χ2v) is 9.85. The first-order valence-electron chi connectivity index (χ1n) is 10.8. The van der Waals surface area contributed by atoms with Gasteiger partial charge >= 0.3 is 0 Å². The van der Waals surface area contributed by atoms with Gasteiger partial charge in [0.05, 0.1) is 19.1 Å². The fourth-order valence-electron chi connectivity index (χ4n) is 3.27. The largest absolute Gasteiger partial charge is 0.497 e. The number of benzene rings is 2. The van der Waals surface area contributed by atoms with E-state index in [1.807, 2.05) is 19.9 Å². The molecule has 0 fully saturated rings. The molecule has 0 heterocycles. The molecule has 0 spiro atoms. The highest BCUT2D eigenvalue weighted by molar-refractivity contribution is 7.92. The van der Waals surface area contributed by atoms with Crippen molar-refractivity contribution in [1.82, 2.24) is 10.2 Å². The smallest absolute Gasteiger partial charge is 0.244 e. The molecule has 0 aliphatic rings. The molecule has 0 saturated carbocycles. The molecule has 9 heteroatoms. The van der Waals surface area contributed by atoms with Crippen molar-refractivity contribution < 1.29 is 22.7 Å². The van der Waals surface area contributed by atoms with E-state index in [9.17, 15) is 18.0 Å². The summed E-state index contributed by atoms with van der Waals surface area (Å²) in [5.41, 5.74) is 2.12. The zero-order valence-corrected chi connectivity index (χ0v) is 20.7. The van der Waals surface area contributed by atoms with Crippen LogP contribution in [0.3, 0.4) is 0 Å². The molecule has 33 heavy (non-hydrogen) atoms. The van der Waals surface area contributed by atoms with Crippen molar-refractivity contribution in [3.05, 3.63) is 59.7 Å². The minimum atomic E-state index is -3.74. The van der Waals surface area contributed by atoms with Crippen molar-refractivity contribution in [2.45, 2.75) is 39.8 Å². The van der Waals surface area contributed by atoms with Gasteiger partial charge in [0.25, 0.3) is 0 Å². The topological polar surface area (TPSA) is 96.0 Å². The molecule has 2 aromatic carbocycles. The predicted octanol–water partition coefficient (Wildman–Crippen LogP) is 2.71. The second kappa shape index (κ2) is 11.7. The number of anilines is 1. The molecule has 8 nitrogen and oxygen atoms in total. The number of aryl methyl sites for hydroxylation is 1. The van der Waals surface area contributed by atoms with Crippen molar-refractivity contribution in [2.75, 3.05) is 30.8 Å². The average molecular weight is 476 g/mol. The van der Waals surface area contributed by atoms with E-state index in [1.165, 1.54) is 4.90 Å². The summed E-state index contributed by atoms with van der Waals surface area (Å²) >= 11 is 0. The number of rotatable bonds is 11. The number of hydrogen-bond donors (Lipinski definition) is 1. The quantitative estimate of drug-likeness (QED) is 0.539. The van der Waals surface area contributed by atoms with Crippen molar-refractivity contribution in [1.29, 1.82) is 0 Å². The van der Waals surface area contributed by atoms with Crippen LogP contribution in [0.4, 0.5) is 5.69 Å². The Morgan fingerprint density at radius 3 is 2.36 bits per heavy atom. The highest BCUT2D eigenvalue weighted by Gasteiger charge is 2.30. The van der Waals surface area contributed by atoms with Crippen LogP contribution in [-0.4, -0.2) is 57.6 Å². The maximum absolute atomic E-state index is 13.4. The number of amides is 2. The molecule has 2 amide bonds. The van der Waals surface area contributed by atoms with Crippen LogP contribution < -0.4 is 14.4 Å². The van der Waals surface area contributed by atoms with Gasteiger partial charge in [0, 0.05) is 13.1 Å². The number of nitrogens with zero attached hydrogens (tertiary/aromatic N) is 2. The lowest BCUT2D eigenvalue weighted by Gasteiger charge is -2.31. The van der Waals surface area contributed by atoms with Gasteiger partial charge in [-0.2, -0.15) is 0 Å². The summed E-state index contributed by atoms with van der Waals surface area (Å²) in [6.45, 7) is 5.67. The number of hydrogen-bond acceptors (Lipinski definition) is 5. The van der Waals surface area contributed by atoms with Gasteiger partial charge in [-0.3, -0.25) is 13.9 Å². The Bertz CT molecular complexity index is 1050. The molecule has 2 aromatic rings. The van der Waals surface area contributed by atoms with E-state index < -0.39 is 28.5 Å². The number of carbonyl (C=O) groups excluding carboxylic acids is 2. The summed E-state index contributed by atoms with van der Waals surface area (Å²) in [7, 11) is -2.19. The van der Waals surface area contributed by atoms with Gasteiger partial charge in [-0.25, -0.2) is 8.42 Å². The third-order valence-electron chi connectivity index (χ3n) is 5.20. The van der Waals surface area contributed by atoms with E-state index >= 15 is 0 Å². The van der Waals surface area contributed by atoms with E-state index in [0.29, 0.717) is 18.0 Å². The maximum atomic E-state index is 13.4. The second-order valence-electron chi connectivity index (χ2n) is 7.95.